The molecule has 0 aliphatic carbocycles. The van der Waals surface area contributed by atoms with Crippen LogP contribution in [0.25, 0.3) is 22.3 Å². The highest BCUT2D eigenvalue weighted by Gasteiger charge is 2.46. The highest BCUT2D eigenvalue weighted by molar-refractivity contribution is 5.87. The number of carbonyl (C=O) groups is 1. The lowest BCUT2D eigenvalue weighted by molar-refractivity contribution is -0.565. The maximum Gasteiger partial charge on any atom is 0.343 e. The van der Waals surface area contributed by atoms with Crippen molar-refractivity contribution in [1.29, 1.82) is 0 Å². The van der Waals surface area contributed by atoms with Crippen LogP contribution in [0, 0.1) is 5.21 Å². The molecular weight excluding hydrogens is 388 g/mol. The van der Waals surface area contributed by atoms with Gasteiger partial charge in [0.25, 0.3) is 5.56 Å². The zero-order valence-corrected chi connectivity index (χ0v) is 16.6. The fourth-order valence-corrected chi connectivity index (χ4v) is 4.74. The van der Waals surface area contributed by atoms with Crippen LogP contribution in [0.1, 0.15) is 42.5 Å². The van der Waals surface area contributed by atoms with E-state index in [0.717, 1.165) is 10.3 Å². The highest BCUT2D eigenvalue weighted by atomic mass is 16.6. The van der Waals surface area contributed by atoms with Gasteiger partial charge in [0.15, 0.2) is 5.60 Å². The quantitative estimate of drug-likeness (QED) is 0.296. The smallest absolute Gasteiger partial charge is 0.343 e. The number of aromatic hydroxyl groups is 1. The number of aryl methyl sites for hydroxylation is 1. The van der Waals surface area contributed by atoms with Crippen molar-refractivity contribution in [1.82, 2.24) is 4.57 Å². The van der Waals surface area contributed by atoms with E-state index in [2.05, 4.69) is 0 Å². The third kappa shape index (κ3) is 2.16. The van der Waals surface area contributed by atoms with Crippen molar-refractivity contribution in [3.63, 3.8) is 0 Å². The first-order valence-corrected chi connectivity index (χ1v) is 9.89. The van der Waals surface area contributed by atoms with Gasteiger partial charge >= 0.3 is 5.97 Å². The number of phenols is 1. The lowest BCUT2D eigenvalue weighted by Crippen LogP contribution is -2.44. The molecule has 30 heavy (non-hydrogen) atoms. The zero-order valence-electron chi connectivity index (χ0n) is 16.6. The molecule has 154 valence electrons. The minimum atomic E-state index is -1.92. The second-order valence-electron chi connectivity index (χ2n) is 7.76. The van der Waals surface area contributed by atoms with E-state index in [9.17, 15) is 25.0 Å². The second kappa shape index (κ2) is 6.06. The molecule has 8 heteroatoms. The summed E-state index contributed by atoms with van der Waals surface area (Å²) in [6, 6.07) is 6.13. The summed E-state index contributed by atoms with van der Waals surface area (Å²) in [5, 5.41) is 34.8. The number of ether oxygens (including phenoxy) is 1. The molecule has 8 nitrogen and oxygen atoms in total. The summed E-state index contributed by atoms with van der Waals surface area (Å²) < 4.78 is 7.33. The molecule has 3 aromatic rings. The minimum absolute atomic E-state index is 0.0448. The van der Waals surface area contributed by atoms with Crippen molar-refractivity contribution >= 4 is 16.9 Å². The normalized spacial score (nSPS) is 19.4. The number of carbonyl (C=O) groups excluding carboxylic acids is 1. The van der Waals surface area contributed by atoms with Crippen LogP contribution in [0.4, 0.5) is 0 Å². The lowest BCUT2D eigenvalue weighted by Gasteiger charge is -2.31. The van der Waals surface area contributed by atoms with Gasteiger partial charge in [-0.2, -0.15) is 4.73 Å². The Kier molecular flexibility index (Phi) is 3.76. The number of aromatic nitrogens is 2. The molecule has 5 rings (SSSR count). The first-order chi connectivity index (χ1) is 14.3. The molecule has 2 N–H and O–H groups in total. The Morgan fingerprint density at radius 2 is 2.00 bits per heavy atom. The number of fused-ring (bicyclic) bond motifs is 5. The summed E-state index contributed by atoms with van der Waals surface area (Å²) in [5.74, 6) is -0.734. The van der Waals surface area contributed by atoms with E-state index in [4.69, 9.17) is 4.74 Å². The number of phenolic OH excluding ortho intramolecular Hbond substituents is 1. The van der Waals surface area contributed by atoms with Gasteiger partial charge in [0.1, 0.15) is 18.1 Å². The number of rotatable bonds is 2. The first-order valence-electron chi connectivity index (χ1n) is 9.89. The van der Waals surface area contributed by atoms with E-state index < -0.39 is 11.6 Å². The van der Waals surface area contributed by atoms with Gasteiger partial charge in [-0.25, -0.2) is 4.79 Å². The van der Waals surface area contributed by atoms with Crippen molar-refractivity contribution in [3.05, 3.63) is 62.1 Å². The summed E-state index contributed by atoms with van der Waals surface area (Å²) in [5.41, 5.74) is 0.799. The molecule has 0 fully saturated rings. The molecule has 0 saturated carbocycles. The van der Waals surface area contributed by atoms with Gasteiger partial charge in [-0.1, -0.05) is 13.8 Å². The summed E-state index contributed by atoms with van der Waals surface area (Å²) >= 11 is 0. The van der Waals surface area contributed by atoms with Crippen molar-refractivity contribution in [2.24, 2.45) is 0 Å². The maximum absolute atomic E-state index is 13.3. The van der Waals surface area contributed by atoms with Gasteiger partial charge in [-0.15, -0.1) is 0 Å². The molecule has 0 spiro atoms. The first kappa shape index (κ1) is 18.6. The predicted molar refractivity (Wildman–Crippen MR) is 107 cm³/mol. The van der Waals surface area contributed by atoms with E-state index in [0.29, 0.717) is 34.3 Å². The van der Waals surface area contributed by atoms with E-state index in [1.807, 2.05) is 6.92 Å². The Morgan fingerprint density at radius 3 is 2.70 bits per heavy atom. The van der Waals surface area contributed by atoms with Crippen LogP contribution in [0.2, 0.25) is 0 Å². The van der Waals surface area contributed by atoms with Crippen LogP contribution in [0.3, 0.4) is 0 Å². The molecule has 0 amide bonds. The van der Waals surface area contributed by atoms with E-state index in [1.165, 1.54) is 10.6 Å². The molecular formula is C22H20N2O6. The van der Waals surface area contributed by atoms with Gasteiger partial charge in [-0.05, 0) is 36.6 Å². The Hall–Kier alpha value is -3.39. The molecule has 1 aromatic carbocycles. The number of cyclic esters (lactones) is 1. The molecule has 4 heterocycles. The van der Waals surface area contributed by atoms with E-state index >= 15 is 0 Å². The lowest BCUT2D eigenvalue weighted by atomic mass is 9.86. The van der Waals surface area contributed by atoms with E-state index in [-0.39, 0.29) is 42.0 Å². The summed E-state index contributed by atoms with van der Waals surface area (Å²) in [4.78, 5) is 25.5. The van der Waals surface area contributed by atoms with Crippen LogP contribution >= 0.6 is 0 Å². The van der Waals surface area contributed by atoms with Crippen molar-refractivity contribution in [2.45, 2.75) is 45.4 Å². The number of hydrogen-bond donors (Lipinski definition) is 2. The molecule has 0 bridgehead atoms. The zero-order chi connectivity index (χ0) is 21.4. The number of esters is 1. The van der Waals surface area contributed by atoms with Crippen LogP contribution in [0.5, 0.6) is 5.75 Å². The van der Waals surface area contributed by atoms with Gasteiger partial charge < -0.3 is 20.2 Å². The Bertz CT molecular complexity index is 1330. The largest absolute Gasteiger partial charge is 0.618 e. The Balaban J connectivity index is 1.88. The van der Waals surface area contributed by atoms with Crippen LogP contribution < -0.4 is 10.3 Å². The third-order valence-corrected chi connectivity index (χ3v) is 6.33. The fraction of sp³-hybridized carbons (Fsp3) is 0.318. The number of benzene rings is 1. The average molecular weight is 408 g/mol. The second-order valence-corrected chi connectivity index (χ2v) is 7.76. The van der Waals surface area contributed by atoms with Crippen LogP contribution in [0.15, 0.2) is 29.1 Å². The summed E-state index contributed by atoms with van der Waals surface area (Å²) in [7, 11) is 0. The number of hydrogen-bond acceptors (Lipinski definition) is 6. The Labute approximate surface area is 171 Å². The number of pyridine rings is 2. The SMILES string of the molecule is CCc1c2c([n+]([O-])c3ccc(O)cc13)-c1cc3c(c(=O)n1C2)COC(=O)[C@]3(O)CC. The van der Waals surface area contributed by atoms with Crippen LogP contribution in [-0.4, -0.2) is 20.7 Å². The predicted octanol–water partition coefficient (Wildman–Crippen LogP) is 1.59. The standard InChI is InChI=1S/C22H20N2O6/c1-3-12-13-7-11(25)5-6-17(13)24(29)19-14(12)9-23-18(19)8-16-15(20(23)26)10-30-21(27)22(16,28)4-2/h5-8,25,28H,3-4,9-10H2,1-2H3/t22-/m0/s1. The highest BCUT2D eigenvalue weighted by Crippen LogP contribution is 2.39. The molecule has 0 saturated heterocycles. The average Bonchev–Trinajstić information content (AvgIpc) is 3.11. The minimum Gasteiger partial charge on any atom is -0.618 e. The molecule has 2 aromatic heterocycles. The summed E-state index contributed by atoms with van der Waals surface area (Å²) in [6.45, 7) is 3.58. The fourth-order valence-electron chi connectivity index (χ4n) is 4.74. The monoisotopic (exact) mass is 408 g/mol. The molecule has 0 radical (unpaired) electrons. The van der Waals surface area contributed by atoms with Gasteiger partial charge in [0, 0.05) is 11.6 Å². The number of aliphatic hydroxyl groups is 1. The summed E-state index contributed by atoms with van der Waals surface area (Å²) in [6.07, 6.45) is 0.648. The molecule has 1 atom stereocenters. The molecule has 2 aliphatic heterocycles. The number of nitrogens with zero attached hydrogens (tertiary/aromatic N) is 2. The van der Waals surface area contributed by atoms with Crippen molar-refractivity contribution < 1.29 is 24.5 Å². The van der Waals surface area contributed by atoms with Crippen molar-refractivity contribution in [2.75, 3.05) is 0 Å². The Morgan fingerprint density at radius 1 is 1.23 bits per heavy atom. The topological polar surface area (TPSA) is 116 Å². The van der Waals surface area contributed by atoms with Crippen molar-refractivity contribution in [3.8, 4) is 17.1 Å². The molecule has 2 aliphatic rings. The van der Waals surface area contributed by atoms with Gasteiger partial charge in [0.2, 0.25) is 11.2 Å². The van der Waals surface area contributed by atoms with Gasteiger partial charge in [0.05, 0.1) is 23.1 Å². The van der Waals surface area contributed by atoms with E-state index in [1.54, 1.807) is 25.1 Å². The molecule has 0 unspecified atom stereocenters. The van der Waals surface area contributed by atoms with Gasteiger partial charge in [-0.3, -0.25) is 9.36 Å². The van der Waals surface area contributed by atoms with Crippen LogP contribution in [-0.2, 0) is 34.7 Å². The third-order valence-electron chi connectivity index (χ3n) is 6.33. The maximum atomic E-state index is 13.3.